The van der Waals surface area contributed by atoms with E-state index in [1.165, 1.54) is 4.68 Å². The van der Waals surface area contributed by atoms with Crippen LogP contribution in [-0.2, 0) is 0 Å². The van der Waals surface area contributed by atoms with E-state index >= 15 is 0 Å². The van der Waals surface area contributed by atoms with Crippen LogP contribution in [-0.4, -0.2) is 28.0 Å². The second kappa shape index (κ2) is 5.76. The van der Waals surface area contributed by atoms with E-state index in [4.69, 9.17) is 5.11 Å². The van der Waals surface area contributed by atoms with Gasteiger partial charge in [0.1, 0.15) is 0 Å². The van der Waals surface area contributed by atoms with E-state index in [0.717, 1.165) is 5.39 Å². The van der Waals surface area contributed by atoms with Crippen LogP contribution in [0.25, 0.3) is 16.5 Å². The van der Waals surface area contributed by atoms with Crippen LogP contribution in [0, 0.1) is 0 Å². The zero-order chi connectivity index (χ0) is 14.7. The average Bonchev–Trinajstić information content (AvgIpc) is 2.55. The Morgan fingerprint density at radius 3 is 2.38 bits per heavy atom. The quantitative estimate of drug-likeness (QED) is 0.765. The van der Waals surface area contributed by atoms with Crippen molar-refractivity contribution in [2.24, 2.45) is 0 Å². The van der Waals surface area contributed by atoms with Crippen LogP contribution in [0.15, 0.2) is 59.4 Å². The van der Waals surface area contributed by atoms with Crippen LogP contribution < -0.4 is 10.9 Å². The van der Waals surface area contributed by atoms with Gasteiger partial charge >= 0.3 is 0 Å². The summed E-state index contributed by atoms with van der Waals surface area (Å²) < 4.78 is 1.38. The van der Waals surface area contributed by atoms with Crippen molar-refractivity contribution >= 4 is 16.6 Å². The smallest absolute Gasteiger partial charge is 0.279 e. The first-order chi connectivity index (χ1) is 10.3. The highest BCUT2D eigenvalue weighted by atomic mass is 16.3. The summed E-state index contributed by atoms with van der Waals surface area (Å²) in [6.07, 6.45) is 0. The van der Waals surface area contributed by atoms with Crippen LogP contribution in [0.2, 0.25) is 0 Å². The first kappa shape index (κ1) is 13.3. The lowest BCUT2D eigenvalue weighted by atomic mass is 10.2. The summed E-state index contributed by atoms with van der Waals surface area (Å²) in [5, 5.41) is 17.8. The highest BCUT2D eigenvalue weighted by Gasteiger charge is 2.10. The van der Waals surface area contributed by atoms with E-state index in [1.807, 2.05) is 48.5 Å². The van der Waals surface area contributed by atoms with Gasteiger partial charge in [-0.25, -0.2) is 0 Å². The average molecular weight is 281 g/mol. The Kier molecular flexibility index (Phi) is 3.66. The van der Waals surface area contributed by atoms with Crippen LogP contribution in [0.4, 0.5) is 5.82 Å². The summed E-state index contributed by atoms with van der Waals surface area (Å²) in [7, 11) is 0. The lowest BCUT2D eigenvalue weighted by Gasteiger charge is -2.11. The molecule has 0 spiro atoms. The number of rotatable bonds is 4. The first-order valence-corrected chi connectivity index (χ1v) is 6.73. The molecule has 0 saturated carbocycles. The van der Waals surface area contributed by atoms with Gasteiger partial charge in [0, 0.05) is 11.9 Å². The van der Waals surface area contributed by atoms with Gasteiger partial charge < -0.3 is 10.4 Å². The van der Waals surface area contributed by atoms with Gasteiger partial charge in [0.15, 0.2) is 5.82 Å². The van der Waals surface area contributed by atoms with Crippen molar-refractivity contribution in [1.82, 2.24) is 9.78 Å². The lowest BCUT2D eigenvalue weighted by Crippen LogP contribution is -2.23. The number of nitrogens with one attached hydrogen (secondary N) is 1. The van der Waals surface area contributed by atoms with Gasteiger partial charge in [0.2, 0.25) is 0 Å². The molecule has 0 amide bonds. The molecule has 0 aliphatic carbocycles. The normalized spacial score (nSPS) is 10.7. The van der Waals surface area contributed by atoms with Crippen LogP contribution >= 0.6 is 0 Å². The molecule has 3 aromatic rings. The number of fused-ring (bicyclic) bond motifs is 1. The van der Waals surface area contributed by atoms with Crippen LogP contribution in [0.1, 0.15) is 0 Å². The number of aromatic nitrogens is 2. The van der Waals surface area contributed by atoms with Gasteiger partial charge in [0.25, 0.3) is 5.56 Å². The number of benzene rings is 2. The third kappa shape index (κ3) is 2.51. The molecule has 2 aromatic carbocycles. The maximum absolute atomic E-state index is 12.6. The Morgan fingerprint density at radius 2 is 1.67 bits per heavy atom. The van der Waals surface area contributed by atoms with E-state index in [1.54, 1.807) is 6.07 Å². The predicted octanol–water partition coefficient (Wildman–Crippen LogP) is 1.79. The Labute approximate surface area is 121 Å². The Balaban J connectivity index is 2.26. The number of anilines is 1. The van der Waals surface area contributed by atoms with E-state index in [9.17, 15) is 4.79 Å². The van der Waals surface area contributed by atoms with Crippen molar-refractivity contribution in [2.75, 3.05) is 18.5 Å². The molecule has 0 radical (unpaired) electrons. The van der Waals surface area contributed by atoms with E-state index < -0.39 is 0 Å². The Morgan fingerprint density at radius 1 is 1.00 bits per heavy atom. The monoisotopic (exact) mass is 281 g/mol. The largest absolute Gasteiger partial charge is 0.395 e. The summed E-state index contributed by atoms with van der Waals surface area (Å²) in [6, 6.07) is 16.6. The molecule has 1 aromatic heterocycles. The second-order valence-electron chi connectivity index (χ2n) is 4.60. The maximum Gasteiger partial charge on any atom is 0.279 e. The number of nitrogens with zero attached hydrogens (tertiary/aromatic N) is 2. The molecule has 0 atom stereocenters. The van der Waals surface area contributed by atoms with E-state index in [0.29, 0.717) is 23.4 Å². The fourth-order valence-electron chi connectivity index (χ4n) is 2.24. The Hall–Kier alpha value is -2.66. The highest BCUT2D eigenvalue weighted by Crippen LogP contribution is 2.18. The minimum Gasteiger partial charge on any atom is -0.395 e. The molecule has 0 aliphatic rings. The fourth-order valence-corrected chi connectivity index (χ4v) is 2.24. The number of aliphatic hydroxyl groups excluding tert-OH is 1. The van der Waals surface area contributed by atoms with Gasteiger partial charge in [-0.1, -0.05) is 36.4 Å². The third-order valence-corrected chi connectivity index (χ3v) is 3.21. The molecule has 5 nitrogen and oxygen atoms in total. The molecule has 5 heteroatoms. The molecule has 3 rings (SSSR count). The van der Waals surface area contributed by atoms with Crippen molar-refractivity contribution in [2.45, 2.75) is 0 Å². The van der Waals surface area contributed by atoms with Gasteiger partial charge in [0.05, 0.1) is 17.7 Å². The van der Waals surface area contributed by atoms with Crippen molar-refractivity contribution in [3.63, 3.8) is 0 Å². The first-order valence-electron chi connectivity index (χ1n) is 6.73. The lowest BCUT2D eigenvalue weighted by molar-refractivity contribution is 0.311. The molecule has 106 valence electrons. The fraction of sp³-hybridized carbons (Fsp3) is 0.125. The van der Waals surface area contributed by atoms with E-state index in [-0.39, 0.29) is 12.2 Å². The minimum absolute atomic E-state index is 0.000467. The zero-order valence-electron chi connectivity index (χ0n) is 11.4. The standard InChI is InChI=1S/C16H15N3O2/c20-11-10-17-15-13-8-4-5-9-14(13)16(21)19(18-15)12-6-2-1-3-7-12/h1-9,20H,10-11H2,(H,17,18). The van der Waals surface area contributed by atoms with Gasteiger partial charge in [-0.05, 0) is 18.2 Å². The van der Waals surface area contributed by atoms with Gasteiger partial charge in [-0.15, -0.1) is 5.10 Å². The topological polar surface area (TPSA) is 67.2 Å². The number of aliphatic hydroxyl groups is 1. The van der Waals surface area contributed by atoms with Crippen molar-refractivity contribution in [3.8, 4) is 5.69 Å². The predicted molar refractivity (Wildman–Crippen MR) is 82.9 cm³/mol. The molecule has 0 aliphatic heterocycles. The number of hydrogen-bond donors (Lipinski definition) is 2. The number of hydrogen-bond acceptors (Lipinski definition) is 4. The van der Waals surface area contributed by atoms with Crippen molar-refractivity contribution in [1.29, 1.82) is 0 Å². The molecule has 0 saturated heterocycles. The third-order valence-electron chi connectivity index (χ3n) is 3.21. The molecule has 2 N–H and O–H groups in total. The molecular formula is C16H15N3O2. The molecule has 0 unspecified atom stereocenters. The molecule has 1 heterocycles. The SMILES string of the molecule is O=c1c2ccccc2c(NCCO)nn1-c1ccccc1. The summed E-state index contributed by atoms with van der Waals surface area (Å²) >= 11 is 0. The molecule has 21 heavy (non-hydrogen) atoms. The van der Waals surface area contributed by atoms with Crippen LogP contribution in [0.5, 0.6) is 0 Å². The van der Waals surface area contributed by atoms with Gasteiger partial charge in [-0.3, -0.25) is 4.79 Å². The summed E-state index contributed by atoms with van der Waals surface area (Å²) in [5.74, 6) is 0.586. The maximum atomic E-state index is 12.6. The molecular weight excluding hydrogens is 266 g/mol. The van der Waals surface area contributed by atoms with Gasteiger partial charge in [-0.2, -0.15) is 4.68 Å². The van der Waals surface area contributed by atoms with Crippen molar-refractivity contribution < 1.29 is 5.11 Å². The summed E-state index contributed by atoms with van der Waals surface area (Å²) in [6.45, 7) is 0.379. The van der Waals surface area contributed by atoms with Crippen LogP contribution in [0.3, 0.4) is 0 Å². The summed E-state index contributed by atoms with van der Waals surface area (Å²) in [4.78, 5) is 12.6. The minimum atomic E-state index is -0.161. The molecule has 0 fully saturated rings. The molecule has 0 bridgehead atoms. The number of para-hydroxylation sites is 1. The van der Waals surface area contributed by atoms with Crippen molar-refractivity contribution in [3.05, 3.63) is 65.0 Å². The Bertz CT molecular complexity index is 813. The zero-order valence-corrected chi connectivity index (χ0v) is 11.4. The summed E-state index contributed by atoms with van der Waals surface area (Å²) in [5.41, 5.74) is 0.548. The van der Waals surface area contributed by atoms with E-state index in [2.05, 4.69) is 10.4 Å². The highest BCUT2D eigenvalue weighted by molar-refractivity contribution is 5.91. The second-order valence-corrected chi connectivity index (χ2v) is 4.60.